The molecule has 0 spiro atoms. The van der Waals surface area contributed by atoms with Crippen LogP contribution in [0.5, 0.6) is 5.75 Å². The summed E-state index contributed by atoms with van der Waals surface area (Å²) in [5, 5.41) is 8.86. The SMILES string of the molecule is CCOC(=O)Cc1ccc(OC(F)(F)F)c(C#N)c1C(F)F. The predicted molar refractivity (Wildman–Crippen MR) is 63.1 cm³/mol. The number of esters is 1. The van der Waals surface area contributed by atoms with Crippen molar-refractivity contribution in [2.45, 2.75) is 26.1 Å². The van der Waals surface area contributed by atoms with Gasteiger partial charge in [0.05, 0.1) is 13.0 Å². The number of carbonyl (C=O) groups is 1. The van der Waals surface area contributed by atoms with Crippen molar-refractivity contribution in [3.05, 3.63) is 28.8 Å². The fourth-order valence-corrected chi connectivity index (χ4v) is 1.74. The van der Waals surface area contributed by atoms with Crippen molar-refractivity contribution in [3.8, 4) is 11.8 Å². The molecule has 120 valence electrons. The zero-order chi connectivity index (χ0) is 16.9. The minimum absolute atomic E-state index is 0.0171. The van der Waals surface area contributed by atoms with E-state index < -0.39 is 42.1 Å². The van der Waals surface area contributed by atoms with Crippen molar-refractivity contribution in [2.24, 2.45) is 0 Å². The summed E-state index contributed by atoms with van der Waals surface area (Å²) >= 11 is 0. The number of ether oxygens (including phenoxy) is 2. The maximum atomic E-state index is 13.1. The third-order valence-electron chi connectivity index (χ3n) is 2.49. The Balaban J connectivity index is 3.32. The fraction of sp³-hybridized carbons (Fsp3) is 0.385. The highest BCUT2D eigenvalue weighted by Crippen LogP contribution is 2.35. The standard InChI is InChI=1S/C13H10F5NO3/c1-2-21-10(20)5-7-3-4-9(22-13(16,17)18)8(6-19)11(7)12(14)15/h3-4,12H,2,5H2,1H3. The Hall–Kier alpha value is -2.37. The molecule has 0 atom stereocenters. The van der Waals surface area contributed by atoms with Crippen molar-refractivity contribution in [1.82, 2.24) is 0 Å². The first-order valence-electron chi connectivity index (χ1n) is 5.95. The highest BCUT2D eigenvalue weighted by molar-refractivity contribution is 5.74. The van der Waals surface area contributed by atoms with Crippen LogP contribution in [0.25, 0.3) is 0 Å². The Morgan fingerprint density at radius 1 is 1.36 bits per heavy atom. The number of nitriles is 1. The van der Waals surface area contributed by atoms with E-state index in [1.807, 2.05) is 0 Å². The largest absolute Gasteiger partial charge is 0.573 e. The fourth-order valence-electron chi connectivity index (χ4n) is 1.74. The zero-order valence-corrected chi connectivity index (χ0v) is 11.2. The molecule has 0 unspecified atom stereocenters. The van der Waals surface area contributed by atoms with Gasteiger partial charge in [-0.05, 0) is 18.6 Å². The summed E-state index contributed by atoms with van der Waals surface area (Å²) < 4.78 is 70.9. The molecule has 0 bridgehead atoms. The first kappa shape index (κ1) is 17.7. The molecule has 0 heterocycles. The Morgan fingerprint density at radius 3 is 2.45 bits per heavy atom. The van der Waals surface area contributed by atoms with Gasteiger partial charge in [-0.15, -0.1) is 13.2 Å². The second kappa shape index (κ2) is 7.06. The number of halogens is 5. The van der Waals surface area contributed by atoms with E-state index >= 15 is 0 Å². The van der Waals surface area contributed by atoms with Crippen LogP contribution in [0.3, 0.4) is 0 Å². The van der Waals surface area contributed by atoms with Crippen LogP contribution >= 0.6 is 0 Å². The molecule has 0 amide bonds. The molecule has 1 aromatic carbocycles. The summed E-state index contributed by atoms with van der Waals surface area (Å²) in [4.78, 5) is 11.3. The monoisotopic (exact) mass is 323 g/mol. The smallest absolute Gasteiger partial charge is 0.466 e. The van der Waals surface area contributed by atoms with E-state index in [0.717, 1.165) is 6.07 Å². The Bertz CT molecular complexity index is 593. The van der Waals surface area contributed by atoms with Crippen molar-refractivity contribution in [2.75, 3.05) is 6.61 Å². The van der Waals surface area contributed by atoms with Gasteiger partial charge < -0.3 is 9.47 Å². The highest BCUT2D eigenvalue weighted by atomic mass is 19.4. The van der Waals surface area contributed by atoms with Crippen LogP contribution in [0.15, 0.2) is 12.1 Å². The van der Waals surface area contributed by atoms with Gasteiger partial charge in [0.15, 0.2) is 0 Å². The molecule has 4 nitrogen and oxygen atoms in total. The van der Waals surface area contributed by atoms with Crippen molar-refractivity contribution in [1.29, 1.82) is 5.26 Å². The molecule has 1 rings (SSSR count). The normalized spacial score (nSPS) is 11.2. The quantitative estimate of drug-likeness (QED) is 0.615. The maximum absolute atomic E-state index is 13.1. The molecule has 0 aliphatic rings. The number of hydrogen-bond donors (Lipinski definition) is 0. The molecule has 0 N–H and O–H groups in total. The van der Waals surface area contributed by atoms with Gasteiger partial charge in [-0.3, -0.25) is 4.79 Å². The number of benzene rings is 1. The van der Waals surface area contributed by atoms with Gasteiger partial charge in [0.1, 0.15) is 17.4 Å². The van der Waals surface area contributed by atoms with Gasteiger partial charge in [0, 0.05) is 5.56 Å². The molecule has 0 saturated carbocycles. The zero-order valence-electron chi connectivity index (χ0n) is 11.2. The average molecular weight is 323 g/mol. The Kier molecular flexibility index (Phi) is 5.68. The van der Waals surface area contributed by atoms with Gasteiger partial charge in [-0.25, -0.2) is 8.78 Å². The molecular formula is C13H10F5NO3. The Labute approximate surface area is 122 Å². The van der Waals surface area contributed by atoms with Crippen LogP contribution in [0.2, 0.25) is 0 Å². The molecular weight excluding hydrogens is 313 g/mol. The topological polar surface area (TPSA) is 59.3 Å². The number of nitrogens with zero attached hydrogens (tertiary/aromatic N) is 1. The van der Waals surface area contributed by atoms with E-state index in [2.05, 4.69) is 9.47 Å². The lowest BCUT2D eigenvalue weighted by Gasteiger charge is -2.15. The average Bonchev–Trinajstić information content (AvgIpc) is 2.38. The van der Waals surface area contributed by atoms with Gasteiger partial charge in [-0.1, -0.05) is 6.07 Å². The number of alkyl halides is 5. The van der Waals surface area contributed by atoms with Crippen molar-refractivity contribution in [3.63, 3.8) is 0 Å². The number of rotatable bonds is 5. The van der Waals surface area contributed by atoms with E-state index in [4.69, 9.17) is 5.26 Å². The molecule has 22 heavy (non-hydrogen) atoms. The molecule has 9 heteroatoms. The summed E-state index contributed by atoms with van der Waals surface area (Å²) in [5.41, 5.74) is -2.23. The Morgan fingerprint density at radius 2 is 2.00 bits per heavy atom. The molecule has 0 radical (unpaired) electrons. The molecule has 0 aliphatic heterocycles. The summed E-state index contributed by atoms with van der Waals surface area (Å²) in [6.45, 7) is 1.52. The molecule has 0 aromatic heterocycles. The van der Waals surface area contributed by atoms with Gasteiger partial charge >= 0.3 is 12.3 Å². The minimum atomic E-state index is -5.13. The summed E-state index contributed by atoms with van der Waals surface area (Å²) in [6.07, 6.45) is -8.97. The third-order valence-corrected chi connectivity index (χ3v) is 2.49. The van der Waals surface area contributed by atoms with Gasteiger partial charge in [0.2, 0.25) is 0 Å². The summed E-state index contributed by atoms with van der Waals surface area (Å²) in [7, 11) is 0. The first-order chi connectivity index (χ1) is 10.2. The molecule has 1 aromatic rings. The van der Waals surface area contributed by atoms with Gasteiger partial charge in [0.25, 0.3) is 6.43 Å². The predicted octanol–water partition coefficient (Wildman–Crippen LogP) is 3.50. The lowest BCUT2D eigenvalue weighted by molar-refractivity contribution is -0.274. The van der Waals surface area contributed by atoms with E-state index in [0.29, 0.717) is 6.07 Å². The van der Waals surface area contributed by atoms with Crippen LogP contribution in [-0.2, 0) is 16.0 Å². The van der Waals surface area contributed by atoms with Crippen LogP contribution < -0.4 is 4.74 Å². The van der Waals surface area contributed by atoms with Crippen LogP contribution in [0.4, 0.5) is 22.0 Å². The summed E-state index contributed by atoms with van der Waals surface area (Å²) in [6, 6.07) is 2.85. The number of carbonyl (C=O) groups excluding carboxylic acids is 1. The highest BCUT2D eigenvalue weighted by Gasteiger charge is 2.34. The van der Waals surface area contributed by atoms with E-state index in [1.54, 1.807) is 0 Å². The lowest BCUT2D eigenvalue weighted by Crippen LogP contribution is -2.19. The minimum Gasteiger partial charge on any atom is -0.466 e. The van der Waals surface area contributed by atoms with Crippen LogP contribution in [-0.4, -0.2) is 18.9 Å². The van der Waals surface area contributed by atoms with Crippen molar-refractivity contribution >= 4 is 5.97 Å². The number of hydrogen-bond acceptors (Lipinski definition) is 4. The maximum Gasteiger partial charge on any atom is 0.573 e. The van der Waals surface area contributed by atoms with E-state index in [1.165, 1.54) is 13.0 Å². The third kappa shape index (κ3) is 4.58. The van der Waals surface area contributed by atoms with Crippen LogP contribution in [0, 0.1) is 11.3 Å². The van der Waals surface area contributed by atoms with Gasteiger partial charge in [-0.2, -0.15) is 5.26 Å². The van der Waals surface area contributed by atoms with E-state index in [-0.39, 0.29) is 12.2 Å². The molecule has 0 saturated heterocycles. The summed E-state index contributed by atoms with van der Waals surface area (Å²) in [5.74, 6) is -1.88. The molecule has 0 aliphatic carbocycles. The van der Waals surface area contributed by atoms with Crippen LogP contribution in [0.1, 0.15) is 30.0 Å². The lowest BCUT2D eigenvalue weighted by atomic mass is 9.98. The second-order valence-electron chi connectivity index (χ2n) is 3.95. The molecule has 0 fully saturated rings. The van der Waals surface area contributed by atoms with Crippen molar-refractivity contribution < 1.29 is 36.2 Å². The first-order valence-corrected chi connectivity index (χ1v) is 5.95. The second-order valence-corrected chi connectivity index (χ2v) is 3.95. The van der Waals surface area contributed by atoms with E-state index in [9.17, 15) is 26.7 Å².